The van der Waals surface area contributed by atoms with Gasteiger partial charge < -0.3 is 5.73 Å². The van der Waals surface area contributed by atoms with Crippen LogP contribution in [0.1, 0.15) is 5.56 Å². The van der Waals surface area contributed by atoms with Gasteiger partial charge in [0, 0.05) is 16.8 Å². The predicted molar refractivity (Wildman–Crippen MR) is 74.2 cm³/mol. The van der Waals surface area contributed by atoms with Gasteiger partial charge in [-0.2, -0.15) is 13.2 Å². The number of nitrogens with zero attached hydrogens (tertiary/aromatic N) is 1. The van der Waals surface area contributed by atoms with E-state index in [0.29, 0.717) is 25.7 Å². The lowest BCUT2D eigenvalue weighted by Gasteiger charge is -2.08. The van der Waals surface area contributed by atoms with Crippen LogP contribution in [0.3, 0.4) is 0 Å². The first-order chi connectivity index (χ1) is 9.27. The van der Waals surface area contributed by atoms with Gasteiger partial charge in [0.25, 0.3) is 0 Å². The van der Waals surface area contributed by atoms with Gasteiger partial charge in [-0.15, -0.1) is 0 Å². The molecule has 0 unspecified atom stereocenters. The summed E-state index contributed by atoms with van der Waals surface area (Å²) in [6.07, 6.45) is -3.63. The first-order valence-corrected chi connectivity index (χ1v) is 6.80. The van der Waals surface area contributed by atoms with Crippen molar-refractivity contribution in [3.05, 3.63) is 46.1 Å². The smallest absolute Gasteiger partial charge is 0.398 e. The fourth-order valence-electron chi connectivity index (χ4n) is 1.35. The van der Waals surface area contributed by atoms with Crippen LogP contribution in [0.25, 0.3) is 0 Å². The second kappa shape index (κ2) is 5.71. The summed E-state index contributed by atoms with van der Waals surface area (Å²) in [7, 11) is 0. The third kappa shape index (κ3) is 3.50. The van der Waals surface area contributed by atoms with E-state index in [4.69, 9.17) is 28.9 Å². The van der Waals surface area contributed by atoms with Crippen molar-refractivity contribution in [2.45, 2.75) is 16.1 Å². The van der Waals surface area contributed by atoms with Crippen LogP contribution in [-0.2, 0) is 6.18 Å². The highest BCUT2D eigenvalue weighted by Crippen LogP contribution is 2.37. The van der Waals surface area contributed by atoms with Crippen LogP contribution in [0.2, 0.25) is 10.0 Å². The summed E-state index contributed by atoms with van der Waals surface area (Å²) in [5.41, 5.74) is 5.34. The zero-order valence-corrected chi connectivity index (χ0v) is 12.0. The van der Waals surface area contributed by atoms with Crippen LogP contribution in [0.4, 0.5) is 18.9 Å². The van der Waals surface area contributed by atoms with Crippen molar-refractivity contribution < 1.29 is 13.2 Å². The lowest BCUT2D eigenvalue weighted by Crippen LogP contribution is -2.05. The molecule has 2 aromatic rings. The van der Waals surface area contributed by atoms with Gasteiger partial charge in [-0.05, 0) is 24.3 Å². The van der Waals surface area contributed by atoms with Gasteiger partial charge in [-0.25, -0.2) is 4.98 Å². The Bertz CT molecular complexity index is 630. The van der Waals surface area contributed by atoms with E-state index in [9.17, 15) is 13.2 Å². The number of halogens is 5. The standard InChI is InChI=1S/C12H7Cl2F3N2S/c13-7-3-9(18)10(4-8(7)14)20-11-2-1-6(5-19-11)12(15,16)17/h1-5H,18H2. The Labute approximate surface area is 127 Å². The Morgan fingerprint density at radius 2 is 1.75 bits per heavy atom. The maximum Gasteiger partial charge on any atom is 0.417 e. The number of hydrogen-bond donors (Lipinski definition) is 1. The van der Waals surface area contributed by atoms with E-state index in [2.05, 4.69) is 4.98 Å². The van der Waals surface area contributed by atoms with Crippen LogP contribution in [0.15, 0.2) is 40.4 Å². The zero-order chi connectivity index (χ0) is 14.9. The molecule has 0 fully saturated rings. The molecule has 0 atom stereocenters. The number of nitrogens with two attached hydrogens (primary N) is 1. The van der Waals surface area contributed by atoms with Gasteiger partial charge in [-0.1, -0.05) is 35.0 Å². The number of rotatable bonds is 2. The van der Waals surface area contributed by atoms with Gasteiger partial charge in [0.2, 0.25) is 0 Å². The number of hydrogen-bond acceptors (Lipinski definition) is 3. The molecule has 8 heteroatoms. The highest BCUT2D eigenvalue weighted by atomic mass is 35.5. The lowest BCUT2D eigenvalue weighted by molar-refractivity contribution is -0.137. The Kier molecular flexibility index (Phi) is 4.36. The van der Waals surface area contributed by atoms with Crippen LogP contribution in [0.5, 0.6) is 0 Å². The molecule has 0 bridgehead atoms. The molecule has 0 saturated heterocycles. The molecule has 0 spiro atoms. The molecule has 0 aliphatic rings. The monoisotopic (exact) mass is 338 g/mol. The number of nitrogen functional groups attached to an aromatic ring is 1. The average Bonchev–Trinajstić information content (AvgIpc) is 2.35. The molecule has 0 aliphatic carbocycles. The van der Waals surface area contributed by atoms with Crippen LogP contribution in [-0.4, -0.2) is 4.98 Å². The molecule has 0 radical (unpaired) electrons. The van der Waals surface area contributed by atoms with Crippen molar-refractivity contribution in [1.82, 2.24) is 4.98 Å². The summed E-state index contributed by atoms with van der Waals surface area (Å²) in [4.78, 5) is 4.32. The molecule has 1 aromatic carbocycles. The zero-order valence-electron chi connectivity index (χ0n) is 9.71. The van der Waals surface area contributed by atoms with E-state index in [0.717, 1.165) is 24.0 Å². The molecular weight excluding hydrogens is 332 g/mol. The Hall–Kier alpha value is -1.11. The molecule has 0 aliphatic heterocycles. The highest BCUT2D eigenvalue weighted by molar-refractivity contribution is 7.99. The van der Waals surface area contributed by atoms with Crippen LogP contribution < -0.4 is 5.73 Å². The molecule has 0 amide bonds. The van der Waals surface area contributed by atoms with Crippen molar-refractivity contribution in [3.63, 3.8) is 0 Å². The summed E-state index contributed by atoms with van der Waals surface area (Å²) in [5, 5.41) is 1.01. The number of alkyl halides is 3. The largest absolute Gasteiger partial charge is 0.417 e. The summed E-state index contributed by atoms with van der Waals surface area (Å²) in [5.74, 6) is 0. The molecule has 1 aromatic heterocycles. The minimum Gasteiger partial charge on any atom is -0.398 e. The Morgan fingerprint density at radius 3 is 2.30 bits per heavy atom. The Morgan fingerprint density at radius 1 is 1.10 bits per heavy atom. The summed E-state index contributed by atoms with van der Waals surface area (Å²) >= 11 is 12.8. The molecule has 106 valence electrons. The minimum absolute atomic E-state index is 0.314. The van der Waals surface area contributed by atoms with E-state index in [-0.39, 0.29) is 0 Å². The van der Waals surface area contributed by atoms with Crippen molar-refractivity contribution in [2.24, 2.45) is 0 Å². The molecule has 0 saturated carbocycles. The van der Waals surface area contributed by atoms with E-state index in [1.165, 1.54) is 12.1 Å². The molecule has 20 heavy (non-hydrogen) atoms. The van der Waals surface area contributed by atoms with Crippen molar-refractivity contribution >= 4 is 40.7 Å². The molecule has 1 heterocycles. The van der Waals surface area contributed by atoms with E-state index < -0.39 is 11.7 Å². The van der Waals surface area contributed by atoms with E-state index in [1.807, 2.05) is 0 Å². The SMILES string of the molecule is Nc1cc(Cl)c(Cl)cc1Sc1ccc(C(F)(F)F)cn1. The fourth-order valence-corrected chi connectivity index (χ4v) is 2.57. The third-order valence-corrected chi connectivity index (χ3v) is 4.08. The fraction of sp³-hybridized carbons (Fsp3) is 0.0833. The second-order valence-electron chi connectivity index (χ2n) is 3.79. The summed E-state index contributed by atoms with van der Waals surface area (Å²) in [6, 6.07) is 5.26. The highest BCUT2D eigenvalue weighted by Gasteiger charge is 2.30. The first kappa shape index (κ1) is 15.3. The van der Waals surface area contributed by atoms with Crippen molar-refractivity contribution in [1.29, 1.82) is 0 Å². The van der Waals surface area contributed by atoms with Gasteiger partial charge in [0.15, 0.2) is 0 Å². The van der Waals surface area contributed by atoms with Crippen molar-refractivity contribution in [3.8, 4) is 0 Å². The van der Waals surface area contributed by atoms with Crippen LogP contribution in [0, 0.1) is 0 Å². The first-order valence-electron chi connectivity index (χ1n) is 5.23. The average molecular weight is 339 g/mol. The topological polar surface area (TPSA) is 38.9 Å². The lowest BCUT2D eigenvalue weighted by atomic mass is 10.3. The normalized spacial score (nSPS) is 11.7. The van der Waals surface area contributed by atoms with Crippen molar-refractivity contribution in [2.75, 3.05) is 5.73 Å². The molecule has 2 rings (SSSR count). The quantitative estimate of drug-likeness (QED) is 0.770. The number of anilines is 1. The number of benzene rings is 1. The molecule has 2 nitrogen and oxygen atoms in total. The summed E-state index contributed by atoms with van der Waals surface area (Å²) < 4.78 is 37.2. The maximum atomic E-state index is 12.4. The van der Waals surface area contributed by atoms with Gasteiger partial charge in [-0.3, -0.25) is 0 Å². The van der Waals surface area contributed by atoms with Crippen LogP contribution >= 0.6 is 35.0 Å². The third-order valence-electron chi connectivity index (χ3n) is 2.33. The Balaban J connectivity index is 2.25. The summed E-state index contributed by atoms with van der Waals surface area (Å²) in [6.45, 7) is 0. The van der Waals surface area contributed by atoms with Gasteiger partial charge >= 0.3 is 6.18 Å². The number of aromatic nitrogens is 1. The molecular formula is C12H7Cl2F3N2S. The minimum atomic E-state index is -4.40. The maximum absolute atomic E-state index is 12.4. The number of pyridine rings is 1. The second-order valence-corrected chi connectivity index (χ2v) is 5.67. The van der Waals surface area contributed by atoms with E-state index in [1.54, 1.807) is 6.07 Å². The van der Waals surface area contributed by atoms with Gasteiger partial charge in [0.05, 0.1) is 15.6 Å². The van der Waals surface area contributed by atoms with Gasteiger partial charge in [0.1, 0.15) is 5.03 Å². The van der Waals surface area contributed by atoms with E-state index >= 15 is 0 Å². The predicted octanol–water partition coefficient (Wildman–Crippen LogP) is 5.14. The molecule has 2 N–H and O–H groups in total.